The number of benzene rings is 3. The summed E-state index contributed by atoms with van der Waals surface area (Å²) in [5.41, 5.74) is 4.17. The van der Waals surface area contributed by atoms with Crippen molar-refractivity contribution < 1.29 is 25.5 Å². The minimum Gasteiger partial charge on any atom is -0.507 e. The van der Waals surface area contributed by atoms with Gasteiger partial charge in [-0.15, -0.1) is 0 Å². The van der Waals surface area contributed by atoms with Gasteiger partial charge in [-0.3, -0.25) is 0 Å². The molecule has 5 nitrogen and oxygen atoms in total. The van der Waals surface area contributed by atoms with Crippen molar-refractivity contribution in [1.82, 2.24) is 0 Å². The number of hydrogen-bond acceptors (Lipinski definition) is 5. The fourth-order valence-corrected chi connectivity index (χ4v) is 6.18. The van der Waals surface area contributed by atoms with Crippen molar-refractivity contribution >= 4 is 28.5 Å². The summed E-state index contributed by atoms with van der Waals surface area (Å²) in [6.07, 6.45) is 9.89. The molecule has 1 spiro atoms. The van der Waals surface area contributed by atoms with Gasteiger partial charge in [-0.1, -0.05) is 36.8 Å². The second-order valence-corrected chi connectivity index (χ2v) is 8.97. The first-order valence-electron chi connectivity index (χ1n) is 10.6. The molecule has 3 aliphatic rings. The quantitative estimate of drug-likeness (QED) is 0.344. The minimum atomic E-state index is -0.337. The topological polar surface area (TPSA) is 101 Å². The van der Waals surface area contributed by atoms with Crippen LogP contribution in [0.1, 0.15) is 47.9 Å². The predicted octanol–water partition coefficient (Wildman–Crippen LogP) is 5.38. The molecule has 0 heterocycles. The lowest BCUT2D eigenvalue weighted by Gasteiger charge is -2.43. The zero-order valence-electron chi connectivity index (χ0n) is 16.8. The number of fused-ring (bicyclic) bond motifs is 1. The van der Waals surface area contributed by atoms with Crippen molar-refractivity contribution in [2.24, 2.45) is 5.92 Å². The summed E-state index contributed by atoms with van der Waals surface area (Å²) in [6.45, 7) is 0. The van der Waals surface area contributed by atoms with E-state index in [1.807, 2.05) is 18.2 Å². The van der Waals surface area contributed by atoms with Gasteiger partial charge in [-0.25, -0.2) is 0 Å². The third kappa shape index (κ3) is 2.26. The van der Waals surface area contributed by atoms with E-state index in [2.05, 4.69) is 6.08 Å². The first-order valence-corrected chi connectivity index (χ1v) is 10.6. The van der Waals surface area contributed by atoms with Crippen molar-refractivity contribution in [3.05, 3.63) is 58.7 Å². The number of aromatic hydroxyl groups is 5. The molecule has 0 radical (unpaired) electrons. The van der Waals surface area contributed by atoms with E-state index < -0.39 is 0 Å². The largest absolute Gasteiger partial charge is 0.507 e. The fourth-order valence-electron chi connectivity index (χ4n) is 6.18. The summed E-state index contributed by atoms with van der Waals surface area (Å²) in [6, 6.07) is 8.19. The van der Waals surface area contributed by atoms with Crippen LogP contribution in [0.25, 0.3) is 28.5 Å². The number of phenolic OH excluding ortho intramolecular Hbond substituents is 5. The summed E-state index contributed by atoms with van der Waals surface area (Å²) in [5, 5.41) is 52.9. The third-order valence-corrected chi connectivity index (χ3v) is 7.46. The Kier molecular flexibility index (Phi) is 3.51. The normalized spacial score (nSPS) is 23.5. The molecule has 5 heteroatoms. The van der Waals surface area contributed by atoms with Crippen LogP contribution in [0.2, 0.25) is 0 Å². The third-order valence-electron chi connectivity index (χ3n) is 7.46. The first kappa shape index (κ1) is 18.2. The molecule has 0 aromatic heterocycles. The second kappa shape index (κ2) is 5.97. The maximum absolute atomic E-state index is 10.5. The lowest BCUT2D eigenvalue weighted by atomic mass is 9.60. The Morgan fingerprint density at radius 3 is 2.55 bits per heavy atom. The van der Waals surface area contributed by atoms with E-state index in [1.165, 1.54) is 6.07 Å². The Morgan fingerprint density at radius 1 is 0.903 bits per heavy atom. The lowest BCUT2D eigenvalue weighted by Crippen LogP contribution is -2.35. The monoisotopic (exact) mass is 414 g/mol. The van der Waals surface area contributed by atoms with E-state index in [4.69, 9.17) is 0 Å². The summed E-state index contributed by atoms with van der Waals surface area (Å²) in [5.74, 6) is -0.610. The molecule has 3 aliphatic carbocycles. The van der Waals surface area contributed by atoms with E-state index in [0.29, 0.717) is 23.3 Å². The van der Waals surface area contributed by atoms with Gasteiger partial charge in [0.2, 0.25) is 0 Å². The van der Waals surface area contributed by atoms with Gasteiger partial charge in [0.15, 0.2) is 23.0 Å². The van der Waals surface area contributed by atoms with Crippen molar-refractivity contribution in [2.75, 3.05) is 0 Å². The van der Waals surface area contributed by atoms with Crippen molar-refractivity contribution in [1.29, 1.82) is 0 Å². The highest BCUT2D eigenvalue weighted by molar-refractivity contribution is 6.05. The van der Waals surface area contributed by atoms with Gasteiger partial charge >= 0.3 is 0 Å². The van der Waals surface area contributed by atoms with E-state index in [-0.39, 0.29) is 39.5 Å². The van der Waals surface area contributed by atoms with Crippen LogP contribution in [-0.4, -0.2) is 25.5 Å². The molecule has 0 amide bonds. The summed E-state index contributed by atoms with van der Waals surface area (Å²) in [4.78, 5) is 0. The zero-order valence-corrected chi connectivity index (χ0v) is 16.8. The van der Waals surface area contributed by atoms with Crippen molar-refractivity contribution in [3.63, 3.8) is 0 Å². The van der Waals surface area contributed by atoms with Gasteiger partial charge in [0.25, 0.3) is 0 Å². The van der Waals surface area contributed by atoms with Gasteiger partial charge < -0.3 is 25.5 Å². The van der Waals surface area contributed by atoms with Crippen LogP contribution < -0.4 is 0 Å². The highest BCUT2D eigenvalue weighted by Gasteiger charge is 2.49. The Hall–Kier alpha value is -3.60. The standard InChI is InChI=1S/C26H22O5/c27-19-5-1-4-16-18(11-21(29)25(31)22(16)19)14-9-13-10-20(28)24(30)17-7-6-15-3-2-8-26(15,12-14)23(13)17/h1,4-7,9-11,15,27-31H,2-3,8,12H2/t15-,26+/m1/s1. The van der Waals surface area contributed by atoms with E-state index in [0.717, 1.165) is 41.5 Å². The molecular formula is C26H22O5. The van der Waals surface area contributed by atoms with E-state index in [1.54, 1.807) is 18.2 Å². The summed E-state index contributed by atoms with van der Waals surface area (Å²) < 4.78 is 0. The average molecular weight is 414 g/mol. The van der Waals surface area contributed by atoms with Gasteiger partial charge in [-0.2, -0.15) is 0 Å². The number of hydrogen-bond donors (Lipinski definition) is 5. The molecule has 1 fully saturated rings. The van der Waals surface area contributed by atoms with Crippen LogP contribution in [0.15, 0.2) is 36.4 Å². The van der Waals surface area contributed by atoms with E-state index >= 15 is 0 Å². The molecular weight excluding hydrogens is 392 g/mol. The molecule has 0 saturated heterocycles. The van der Waals surface area contributed by atoms with Crippen LogP contribution in [0.5, 0.6) is 28.7 Å². The smallest absolute Gasteiger partial charge is 0.169 e. The molecule has 6 rings (SSSR count). The first-order chi connectivity index (χ1) is 14.9. The molecule has 5 N–H and O–H groups in total. The second-order valence-electron chi connectivity index (χ2n) is 8.97. The van der Waals surface area contributed by atoms with Gasteiger partial charge in [0.05, 0.1) is 5.39 Å². The van der Waals surface area contributed by atoms with Gasteiger partial charge in [0.1, 0.15) is 5.75 Å². The maximum Gasteiger partial charge on any atom is 0.169 e. The Labute approximate surface area is 178 Å². The van der Waals surface area contributed by atoms with Crippen molar-refractivity contribution in [3.8, 4) is 28.7 Å². The molecule has 0 aliphatic heterocycles. The summed E-state index contributed by atoms with van der Waals surface area (Å²) >= 11 is 0. The van der Waals surface area contributed by atoms with Crippen LogP contribution in [0.4, 0.5) is 0 Å². The van der Waals surface area contributed by atoms with Crippen LogP contribution in [-0.2, 0) is 5.41 Å². The number of rotatable bonds is 1. The Bertz CT molecular complexity index is 1350. The summed E-state index contributed by atoms with van der Waals surface area (Å²) in [7, 11) is 0. The number of allylic oxidation sites excluding steroid dienone is 2. The molecule has 0 unspecified atom stereocenters. The molecule has 156 valence electrons. The SMILES string of the molecule is Oc1cc2c3c(c1O)C=C[C@H]1CCC[C@@]31CC(c1cc(O)c(O)c3c(O)cccc13)=C2. The molecule has 31 heavy (non-hydrogen) atoms. The van der Waals surface area contributed by atoms with E-state index in [9.17, 15) is 25.5 Å². The Balaban J connectivity index is 1.67. The Morgan fingerprint density at radius 2 is 1.71 bits per heavy atom. The van der Waals surface area contributed by atoms with Crippen LogP contribution in [0.3, 0.4) is 0 Å². The average Bonchev–Trinajstić information content (AvgIpc) is 3.16. The molecule has 0 bridgehead atoms. The highest BCUT2D eigenvalue weighted by Crippen LogP contribution is 2.61. The lowest BCUT2D eigenvalue weighted by molar-refractivity contribution is 0.358. The highest BCUT2D eigenvalue weighted by atomic mass is 16.3. The van der Waals surface area contributed by atoms with Crippen molar-refractivity contribution in [2.45, 2.75) is 31.1 Å². The minimum absolute atomic E-state index is 0.0748. The molecule has 3 aromatic carbocycles. The maximum atomic E-state index is 10.5. The number of phenols is 5. The van der Waals surface area contributed by atoms with Gasteiger partial charge in [-0.05, 0) is 71.0 Å². The molecule has 1 saturated carbocycles. The predicted molar refractivity (Wildman–Crippen MR) is 119 cm³/mol. The van der Waals surface area contributed by atoms with Crippen LogP contribution in [0, 0.1) is 5.92 Å². The fraction of sp³-hybridized carbons (Fsp3) is 0.231. The molecule has 3 aromatic rings. The molecule has 2 atom stereocenters. The van der Waals surface area contributed by atoms with Gasteiger partial charge in [0, 0.05) is 11.0 Å². The zero-order chi connectivity index (χ0) is 21.5. The van der Waals surface area contributed by atoms with Crippen LogP contribution >= 0.6 is 0 Å².